The summed E-state index contributed by atoms with van der Waals surface area (Å²) >= 11 is 0. The first-order valence-electron chi connectivity index (χ1n) is 6.00. The van der Waals surface area contributed by atoms with Crippen molar-refractivity contribution < 1.29 is 14.6 Å². The van der Waals surface area contributed by atoms with Crippen molar-refractivity contribution in [3.63, 3.8) is 0 Å². The van der Waals surface area contributed by atoms with E-state index in [0.717, 1.165) is 29.0 Å². The lowest BCUT2D eigenvalue weighted by Gasteiger charge is -2.16. The summed E-state index contributed by atoms with van der Waals surface area (Å²) in [4.78, 5) is 0. The fourth-order valence-corrected chi connectivity index (χ4v) is 2.00. The number of fused-ring (bicyclic) bond motifs is 1. The quantitative estimate of drug-likeness (QED) is 0.837. The third-order valence-electron chi connectivity index (χ3n) is 2.94. The molecule has 1 heterocycles. The molecule has 0 aliphatic carbocycles. The molecule has 0 saturated heterocycles. The average molecular weight is 237 g/mol. The third-order valence-corrected chi connectivity index (χ3v) is 2.94. The van der Waals surface area contributed by atoms with Crippen molar-refractivity contribution in [2.45, 2.75) is 25.9 Å². The normalized spacial score (nSPS) is 16.4. The molecule has 0 spiro atoms. The molecule has 0 radical (unpaired) electrons. The Kier molecular flexibility index (Phi) is 3.86. The smallest absolute Gasteiger partial charge is 0.161 e. The molecule has 2 rings (SSSR count). The molecule has 94 valence electrons. The van der Waals surface area contributed by atoms with Crippen LogP contribution < -0.4 is 15.2 Å². The minimum absolute atomic E-state index is 0.467. The molecule has 0 aromatic heterocycles. The van der Waals surface area contributed by atoms with E-state index >= 15 is 0 Å². The first-order valence-corrected chi connectivity index (χ1v) is 6.00. The second kappa shape index (κ2) is 5.38. The van der Waals surface area contributed by atoms with Gasteiger partial charge in [0.25, 0.3) is 0 Å². The fraction of sp³-hybridized carbons (Fsp3) is 0.538. The summed E-state index contributed by atoms with van der Waals surface area (Å²) in [5.41, 5.74) is 7.35. The highest BCUT2D eigenvalue weighted by Gasteiger charge is 2.16. The molecule has 1 unspecified atom stereocenters. The molecular weight excluding hydrogens is 218 g/mol. The summed E-state index contributed by atoms with van der Waals surface area (Å²) in [6, 6.07) is 3.80. The van der Waals surface area contributed by atoms with E-state index in [0.29, 0.717) is 26.2 Å². The lowest BCUT2D eigenvalue weighted by atomic mass is 10.0. The molecular formula is C13H19NO3. The molecule has 4 nitrogen and oxygen atoms in total. The monoisotopic (exact) mass is 237 g/mol. The van der Waals surface area contributed by atoms with E-state index in [2.05, 4.69) is 0 Å². The van der Waals surface area contributed by atoms with Crippen LogP contribution in [0.2, 0.25) is 0 Å². The number of aliphatic hydroxyl groups excluding tert-OH is 1. The SMILES string of the molecule is Cc1cc2c(cc1C(O)CCN)OCCCO2. The van der Waals surface area contributed by atoms with Gasteiger partial charge in [-0.3, -0.25) is 0 Å². The van der Waals surface area contributed by atoms with Crippen LogP contribution in [0.3, 0.4) is 0 Å². The zero-order valence-corrected chi connectivity index (χ0v) is 10.1. The van der Waals surface area contributed by atoms with Crippen LogP contribution in [-0.2, 0) is 0 Å². The van der Waals surface area contributed by atoms with Crippen LogP contribution in [0.15, 0.2) is 12.1 Å². The van der Waals surface area contributed by atoms with Crippen LogP contribution in [0.4, 0.5) is 0 Å². The maximum absolute atomic E-state index is 10.00. The van der Waals surface area contributed by atoms with E-state index in [-0.39, 0.29) is 0 Å². The van der Waals surface area contributed by atoms with Crippen LogP contribution >= 0.6 is 0 Å². The number of hydrogen-bond acceptors (Lipinski definition) is 4. The molecule has 1 aliphatic rings. The van der Waals surface area contributed by atoms with E-state index in [1.807, 2.05) is 19.1 Å². The van der Waals surface area contributed by atoms with Crippen molar-refractivity contribution in [2.24, 2.45) is 5.73 Å². The number of nitrogens with two attached hydrogens (primary N) is 1. The van der Waals surface area contributed by atoms with E-state index in [9.17, 15) is 5.11 Å². The van der Waals surface area contributed by atoms with Crippen molar-refractivity contribution in [3.05, 3.63) is 23.3 Å². The molecule has 1 aromatic carbocycles. The summed E-state index contributed by atoms with van der Waals surface area (Å²) < 4.78 is 11.2. The second-order valence-corrected chi connectivity index (χ2v) is 4.30. The Morgan fingerprint density at radius 2 is 1.94 bits per heavy atom. The van der Waals surface area contributed by atoms with E-state index in [1.54, 1.807) is 0 Å². The largest absolute Gasteiger partial charge is 0.490 e. The van der Waals surface area contributed by atoms with Crippen molar-refractivity contribution in [2.75, 3.05) is 19.8 Å². The van der Waals surface area contributed by atoms with Gasteiger partial charge in [0.15, 0.2) is 11.5 Å². The predicted molar refractivity (Wildman–Crippen MR) is 65.4 cm³/mol. The molecule has 0 amide bonds. The van der Waals surface area contributed by atoms with Crippen molar-refractivity contribution in [1.82, 2.24) is 0 Å². The highest BCUT2D eigenvalue weighted by molar-refractivity contribution is 5.48. The van der Waals surface area contributed by atoms with Gasteiger partial charge in [0.2, 0.25) is 0 Å². The van der Waals surface area contributed by atoms with Crippen molar-refractivity contribution >= 4 is 0 Å². The van der Waals surface area contributed by atoms with Gasteiger partial charge in [-0.2, -0.15) is 0 Å². The summed E-state index contributed by atoms with van der Waals surface area (Å²) in [5.74, 6) is 1.49. The Balaban J connectivity index is 2.31. The van der Waals surface area contributed by atoms with Gasteiger partial charge in [-0.1, -0.05) is 0 Å². The van der Waals surface area contributed by atoms with Gasteiger partial charge in [0, 0.05) is 6.42 Å². The van der Waals surface area contributed by atoms with Gasteiger partial charge in [-0.05, 0) is 43.1 Å². The lowest BCUT2D eigenvalue weighted by molar-refractivity contribution is 0.169. The van der Waals surface area contributed by atoms with Gasteiger partial charge < -0.3 is 20.3 Å². The molecule has 0 saturated carbocycles. The number of aryl methyl sites for hydroxylation is 1. The fourth-order valence-electron chi connectivity index (χ4n) is 2.00. The maximum atomic E-state index is 10.00. The minimum atomic E-state index is -0.530. The Bertz CT molecular complexity index is 392. The molecule has 1 aromatic rings. The lowest BCUT2D eigenvalue weighted by Crippen LogP contribution is -2.08. The first-order chi connectivity index (χ1) is 8.22. The topological polar surface area (TPSA) is 64.7 Å². The van der Waals surface area contributed by atoms with E-state index < -0.39 is 6.10 Å². The number of hydrogen-bond donors (Lipinski definition) is 2. The first kappa shape index (κ1) is 12.2. The van der Waals surface area contributed by atoms with Crippen LogP contribution in [0.5, 0.6) is 11.5 Å². The van der Waals surface area contributed by atoms with Crippen LogP contribution in [-0.4, -0.2) is 24.9 Å². The zero-order valence-electron chi connectivity index (χ0n) is 10.1. The Labute approximate surface area is 101 Å². The predicted octanol–water partition coefficient (Wildman–Crippen LogP) is 1.54. The molecule has 1 aliphatic heterocycles. The molecule has 17 heavy (non-hydrogen) atoms. The Morgan fingerprint density at radius 3 is 2.59 bits per heavy atom. The Hall–Kier alpha value is -1.26. The maximum Gasteiger partial charge on any atom is 0.161 e. The summed E-state index contributed by atoms with van der Waals surface area (Å²) in [6.45, 7) is 3.76. The number of ether oxygens (including phenoxy) is 2. The Morgan fingerprint density at radius 1 is 1.29 bits per heavy atom. The highest BCUT2D eigenvalue weighted by Crippen LogP contribution is 2.35. The number of benzene rings is 1. The minimum Gasteiger partial charge on any atom is -0.490 e. The van der Waals surface area contributed by atoms with Gasteiger partial charge in [-0.25, -0.2) is 0 Å². The summed E-state index contributed by atoms with van der Waals surface area (Å²) in [7, 11) is 0. The van der Waals surface area contributed by atoms with Crippen molar-refractivity contribution in [3.8, 4) is 11.5 Å². The summed E-state index contributed by atoms with van der Waals surface area (Å²) in [6.07, 6.45) is 0.909. The van der Waals surface area contributed by atoms with Crippen molar-refractivity contribution in [1.29, 1.82) is 0 Å². The summed E-state index contributed by atoms with van der Waals surface area (Å²) in [5, 5.41) is 10.00. The number of rotatable bonds is 3. The van der Waals surface area contributed by atoms with Gasteiger partial charge in [-0.15, -0.1) is 0 Å². The van der Waals surface area contributed by atoms with Crippen LogP contribution in [0, 0.1) is 6.92 Å². The van der Waals surface area contributed by atoms with E-state index in [4.69, 9.17) is 15.2 Å². The van der Waals surface area contributed by atoms with Gasteiger partial charge in [0.1, 0.15) is 0 Å². The second-order valence-electron chi connectivity index (χ2n) is 4.30. The van der Waals surface area contributed by atoms with E-state index in [1.165, 1.54) is 0 Å². The average Bonchev–Trinajstić information content (AvgIpc) is 2.52. The molecule has 1 atom stereocenters. The molecule has 0 bridgehead atoms. The molecule has 4 heteroatoms. The highest BCUT2D eigenvalue weighted by atomic mass is 16.5. The number of aliphatic hydroxyl groups is 1. The zero-order chi connectivity index (χ0) is 12.3. The van der Waals surface area contributed by atoms with Crippen LogP contribution in [0.25, 0.3) is 0 Å². The van der Waals surface area contributed by atoms with Gasteiger partial charge >= 0.3 is 0 Å². The molecule has 0 fully saturated rings. The molecule has 3 N–H and O–H groups in total. The van der Waals surface area contributed by atoms with Gasteiger partial charge in [0.05, 0.1) is 19.3 Å². The van der Waals surface area contributed by atoms with Crippen LogP contribution in [0.1, 0.15) is 30.1 Å². The third kappa shape index (κ3) is 2.70. The standard InChI is InChI=1S/C13H19NO3/c1-9-7-12-13(17-6-2-5-16-12)8-10(9)11(15)3-4-14/h7-8,11,15H,2-6,14H2,1H3.